The van der Waals surface area contributed by atoms with Gasteiger partial charge < -0.3 is 9.47 Å². The highest BCUT2D eigenvalue weighted by atomic mass is 19.4. The van der Waals surface area contributed by atoms with Crippen LogP contribution in [0.15, 0.2) is 16.9 Å². The molecule has 0 N–H and O–H groups in total. The van der Waals surface area contributed by atoms with Crippen molar-refractivity contribution in [2.75, 3.05) is 13.2 Å². The van der Waals surface area contributed by atoms with Crippen LogP contribution in [0, 0.1) is 0 Å². The van der Waals surface area contributed by atoms with Gasteiger partial charge in [-0.15, -0.1) is 0 Å². The van der Waals surface area contributed by atoms with E-state index >= 15 is 0 Å². The van der Waals surface area contributed by atoms with Gasteiger partial charge in [-0.25, -0.2) is 4.68 Å². The van der Waals surface area contributed by atoms with Gasteiger partial charge in [-0.05, 0) is 25.3 Å². The number of nitrogens with zero attached hydrogens (tertiary/aromatic N) is 2. The van der Waals surface area contributed by atoms with Gasteiger partial charge in [-0.2, -0.15) is 18.3 Å². The Morgan fingerprint density at radius 2 is 2.20 bits per heavy atom. The van der Waals surface area contributed by atoms with Gasteiger partial charge in [-0.1, -0.05) is 0 Å². The van der Waals surface area contributed by atoms with Gasteiger partial charge in [0.05, 0.1) is 13.2 Å². The van der Waals surface area contributed by atoms with Crippen molar-refractivity contribution in [1.29, 1.82) is 0 Å². The van der Waals surface area contributed by atoms with Crippen molar-refractivity contribution in [2.45, 2.75) is 38.3 Å². The quantitative estimate of drug-likeness (QED) is 0.849. The maximum Gasteiger partial charge on any atom is 0.435 e. The van der Waals surface area contributed by atoms with Crippen molar-refractivity contribution in [1.82, 2.24) is 9.78 Å². The molecule has 0 aliphatic carbocycles. The first kappa shape index (κ1) is 15.0. The van der Waals surface area contributed by atoms with E-state index < -0.39 is 17.4 Å². The highest BCUT2D eigenvalue weighted by molar-refractivity contribution is 5.04. The first-order valence-corrected chi connectivity index (χ1v) is 6.35. The largest absolute Gasteiger partial charge is 0.435 e. The molecule has 1 aromatic heterocycles. The Morgan fingerprint density at radius 3 is 2.85 bits per heavy atom. The number of aromatic nitrogens is 2. The Bertz CT molecular complexity index is 495. The van der Waals surface area contributed by atoms with E-state index in [-0.39, 0.29) is 19.4 Å². The van der Waals surface area contributed by atoms with E-state index in [1.54, 1.807) is 0 Å². The summed E-state index contributed by atoms with van der Waals surface area (Å²) >= 11 is 0. The molecule has 0 amide bonds. The van der Waals surface area contributed by atoms with Crippen molar-refractivity contribution < 1.29 is 22.6 Å². The number of rotatable bonds is 4. The Kier molecular flexibility index (Phi) is 4.77. The summed E-state index contributed by atoms with van der Waals surface area (Å²) in [6.07, 6.45) is -2.18. The van der Waals surface area contributed by atoms with E-state index in [1.807, 2.05) is 0 Å². The summed E-state index contributed by atoms with van der Waals surface area (Å²) in [5, 5.41) is 3.28. The van der Waals surface area contributed by atoms with Gasteiger partial charge in [0, 0.05) is 12.7 Å². The predicted molar refractivity (Wildman–Crippen MR) is 63.0 cm³/mol. The second-order valence-electron chi connectivity index (χ2n) is 4.44. The van der Waals surface area contributed by atoms with Gasteiger partial charge >= 0.3 is 6.18 Å². The highest BCUT2D eigenvalue weighted by Crippen LogP contribution is 2.26. The van der Waals surface area contributed by atoms with E-state index in [1.165, 1.54) is 0 Å². The lowest BCUT2D eigenvalue weighted by Gasteiger charge is -2.22. The Hall–Kier alpha value is -1.41. The number of halogens is 3. The van der Waals surface area contributed by atoms with Crippen LogP contribution in [-0.2, 0) is 22.2 Å². The fourth-order valence-electron chi connectivity index (χ4n) is 1.87. The van der Waals surface area contributed by atoms with Crippen LogP contribution in [0.3, 0.4) is 0 Å². The molecule has 1 aromatic rings. The Labute approximate surface area is 113 Å². The van der Waals surface area contributed by atoms with Crippen LogP contribution in [0.4, 0.5) is 13.2 Å². The summed E-state index contributed by atoms with van der Waals surface area (Å²) < 4.78 is 48.9. The van der Waals surface area contributed by atoms with Gasteiger partial charge in [-0.3, -0.25) is 4.79 Å². The summed E-state index contributed by atoms with van der Waals surface area (Å²) in [5.74, 6) is 0. The van der Waals surface area contributed by atoms with Crippen LogP contribution in [0.1, 0.15) is 25.0 Å². The Morgan fingerprint density at radius 1 is 1.40 bits per heavy atom. The zero-order chi connectivity index (χ0) is 14.6. The average molecular weight is 292 g/mol. The molecule has 0 unspecified atom stereocenters. The molecule has 1 saturated heterocycles. The zero-order valence-electron chi connectivity index (χ0n) is 10.7. The first-order valence-electron chi connectivity index (χ1n) is 6.35. The Balaban J connectivity index is 1.93. The second kappa shape index (κ2) is 6.36. The number of hydrogen-bond donors (Lipinski definition) is 0. The van der Waals surface area contributed by atoms with Gasteiger partial charge in [0.25, 0.3) is 5.56 Å². The van der Waals surface area contributed by atoms with Crippen molar-refractivity contribution in [3.8, 4) is 0 Å². The number of ether oxygens (including phenoxy) is 2. The summed E-state index contributed by atoms with van der Waals surface area (Å²) in [4.78, 5) is 11.4. The SMILES string of the molecule is O=c1ccc(C(F)(F)F)nn1CCO[C@@H]1CCCCO1. The molecule has 0 bridgehead atoms. The predicted octanol–water partition coefficient (Wildman–Crippen LogP) is 1.81. The summed E-state index contributed by atoms with van der Waals surface area (Å²) in [7, 11) is 0. The molecule has 5 nitrogen and oxygen atoms in total. The minimum atomic E-state index is -4.57. The van der Waals surface area contributed by atoms with Crippen molar-refractivity contribution in [3.05, 3.63) is 28.2 Å². The molecule has 1 fully saturated rings. The third-order valence-corrected chi connectivity index (χ3v) is 2.90. The maximum absolute atomic E-state index is 12.5. The molecule has 112 valence electrons. The van der Waals surface area contributed by atoms with E-state index in [0.29, 0.717) is 12.7 Å². The maximum atomic E-state index is 12.5. The second-order valence-corrected chi connectivity index (χ2v) is 4.44. The van der Waals surface area contributed by atoms with Crippen LogP contribution in [0.5, 0.6) is 0 Å². The van der Waals surface area contributed by atoms with E-state index in [2.05, 4.69) is 5.10 Å². The van der Waals surface area contributed by atoms with Crippen molar-refractivity contribution in [2.24, 2.45) is 0 Å². The van der Waals surface area contributed by atoms with Crippen LogP contribution in [0.2, 0.25) is 0 Å². The normalized spacial score (nSPS) is 20.1. The van der Waals surface area contributed by atoms with Crippen LogP contribution in [0.25, 0.3) is 0 Å². The third kappa shape index (κ3) is 4.04. The van der Waals surface area contributed by atoms with Crippen LogP contribution < -0.4 is 5.56 Å². The lowest BCUT2D eigenvalue weighted by Crippen LogP contribution is -2.29. The number of alkyl halides is 3. The topological polar surface area (TPSA) is 53.4 Å². The fourth-order valence-corrected chi connectivity index (χ4v) is 1.87. The van der Waals surface area contributed by atoms with E-state index in [4.69, 9.17) is 9.47 Å². The molecular weight excluding hydrogens is 277 g/mol. The molecule has 0 saturated carbocycles. The molecule has 2 rings (SSSR count). The van der Waals surface area contributed by atoms with E-state index in [0.717, 1.165) is 30.0 Å². The molecule has 0 aromatic carbocycles. The zero-order valence-corrected chi connectivity index (χ0v) is 10.7. The lowest BCUT2D eigenvalue weighted by atomic mass is 10.2. The van der Waals surface area contributed by atoms with Crippen molar-refractivity contribution >= 4 is 0 Å². The van der Waals surface area contributed by atoms with E-state index in [9.17, 15) is 18.0 Å². The minimum Gasteiger partial charge on any atom is -0.353 e. The smallest absolute Gasteiger partial charge is 0.353 e. The standard InChI is InChI=1S/C12H15F3N2O3/c13-12(14,15)9-4-5-10(18)17(16-9)6-8-20-11-3-1-2-7-19-11/h4-5,11H,1-3,6-8H2/t11-/m1/s1. The molecule has 20 heavy (non-hydrogen) atoms. The van der Waals surface area contributed by atoms with Gasteiger partial charge in [0.1, 0.15) is 0 Å². The van der Waals surface area contributed by atoms with Crippen LogP contribution in [-0.4, -0.2) is 29.3 Å². The highest BCUT2D eigenvalue weighted by Gasteiger charge is 2.33. The van der Waals surface area contributed by atoms with Gasteiger partial charge in [0.15, 0.2) is 12.0 Å². The summed E-state index contributed by atoms with van der Waals surface area (Å²) in [6, 6.07) is 1.52. The average Bonchev–Trinajstić information content (AvgIpc) is 2.41. The molecule has 2 heterocycles. The molecule has 1 atom stereocenters. The van der Waals surface area contributed by atoms with Crippen molar-refractivity contribution in [3.63, 3.8) is 0 Å². The lowest BCUT2D eigenvalue weighted by molar-refractivity contribution is -0.164. The molecule has 1 aliphatic rings. The summed E-state index contributed by atoms with van der Waals surface area (Å²) in [5.41, 5.74) is -1.68. The monoisotopic (exact) mass is 292 g/mol. The molecule has 1 aliphatic heterocycles. The molecule has 8 heteroatoms. The molecule has 0 spiro atoms. The van der Waals surface area contributed by atoms with Crippen LogP contribution >= 0.6 is 0 Å². The number of hydrogen-bond acceptors (Lipinski definition) is 4. The minimum absolute atomic E-state index is 0.0391. The third-order valence-electron chi connectivity index (χ3n) is 2.90. The van der Waals surface area contributed by atoms with Gasteiger partial charge in [0.2, 0.25) is 0 Å². The molecular formula is C12H15F3N2O3. The molecule has 0 radical (unpaired) electrons. The fraction of sp³-hybridized carbons (Fsp3) is 0.667. The summed E-state index contributed by atoms with van der Waals surface area (Å²) in [6.45, 7) is 0.661. The first-order chi connectivity index (χ1) is 9.47.